The number of hydrogen-bond acceptors (Lipinski definition) is 2. The number of nitrogens with one attached hydrogen (secondary N) is 1. The van der Waals surface area contributed by atoms with Crippen molar-refractivity contribution in [1.29, 1.82) is 0 Å². The maximum atomic E-state index is 4.31. The van der Waals surface area contributed by atoms with Gasteiger partial charge in [-0.05, 0) is 36.4 Å². The Kier molecular flexibility index (Phi) is 4.06. The van der Waals surface area contributed by atoms with Gasteiger partial charge in [-0.3, -0.25) is 4.98 Å². The van der Waals surface area contributed by atoms with Crippen molar-refractivity contribution in [3.05, 3.63) is 30.1 Å². The monoisotopic (exact) mass is 246 g/mol. The van der Waals surface area contributed by atoms with Crippen LogP contribution in [-0.2, 0) is 5.41 Å². The molecular weight excluding hydrogens is 220 g/mol. The third-order valence-electron chi connectivity index (χ3n) is 4.91. The molecule has 2 rings (SSSR count). The Balaban J connectivity index is 2.18. The molecule has 1 heterocycles. The molecule has 1 saturated carbocycles. The van der Waals surface area contributed by atoms with E-state index in [1.165, 1.54) is 31.2 Å². The molecule has 1 N–H and O–H groups in total. The van der Waals surface area contributed by atoms with Crippen LogP contribution in [0.3, 0.4) is 0 Å². The SMILES string of the molecule is CCNCC1(c2cccnc2)CC(CC)(CC)C1. The van der Waals surface area contributed by atoms with Crippen molar-refractivity contribution in [2.75, 3.05) is 13.1 Å². The molecule has 100 valence electrons. The molecule has 0 saturated heterocycles. The summed E-state index contributed by atoms with van der Waals surface area (Å²) in [6, 6.07) is 4.32. The minimum atomic E-state index is 0.330. The highest BCUT2D eigenvalue weighted by Gasteiger charge is 2.52. The van der Waals surface area contributed by atoms with Gasteiger partial charge in [-0.25, -0.2) is 0 Å². The van der Waals surface area contributed by atoms with E-state index in [1.807, 2.05) is 6.20 Å². The lowest BCUT2D eigenvalue weighted by atomic mass is 9.48. The van der Waals surface area contributed by atoms with Crippen LogP contribution in [0.2, 0.25) is 0 Å². The molecule has 0 aromatic carbocycles. The molecule has 1 fully saturated rings. The molecule has 0 amide bonds. The van der Waals surface area contributed by atoms with Gasteiger partial charge in [-0.2, -0.15) is 0 Å². The third kappa shape index (κ3) is 2.31. The molecule has 1 aliphatic rings. The zero-order valence-corrected chi connectivity index (χ0v) is 12.0. The van der Waals surface area contributed by atoms with Crippen LogP contribution in [0.1, 0.15) is 52.0 Å². The summed E-state index contributed by atoms with van der Waals surface area (Å²) >= 11 is 0. The predicted octanol–water partition coefficient (Wildman–Crippen LogP) is 3.53. The number of hydrogen-bond donors (Lipinski definition) is 1. The van der Waals surface area contributed by atoms with Gasteiger partial charge in [0.25, 0.3) is 0 Å². The second-order valence-electron chi connectivity index (χ2n) is 5.86. The molecule has 0 spiro atoms. The van der Waals surface area contributed by atoms with E-state index in [9.17, 15) is 0 Å². The summed E-state index contributed by atoms with van der Waals surface area (Å²) in [5.41, 5.74) is 2.32. The van der Waals surface area contributed by atoms with Gasteiger partial charge in [0, 0.05) is 24.4 Å². The second-order valence-corrected chi connectivity index (χ2v) is 5.86. The smallest absolute Gasteiger partial charge is 0.0306 e. The van der Waals surface area contributed by atoms with Gasteiger partial charge in [0.15, 0.2) is 0 Å². The van der Waals surface area contributed by atoms with Crippen molar-refractivity contribution >= 4 is 0 Å². The van der Waals surface area contributed by atoms with Crippen LogP contribution < -0.4 is 5.32 Å². The quantitative estimate of drug-likeness (QED) is 0.830. The zero-order valence-electron chi connectivity index (χ0n) is 12.0. The first kappa shape index (κ1) is 13.5. The Morgan fingerprint density at radius 2 is 1.94 bits per heavy atom. The summed E-state index contributed by atoms with van der Waals surface area (Å²) in [6.07, 6.45) is 9.16. The summed E-state index contributed by atoms with van der Waals surface area (Å²) in [5, 5.41) is 3.55. The Labute approximate surface area is 111 Å². The van der Waals surface area contributed by atoms with E-state index in [4.69, 9.17) is 0 Å². The summed E-state index contributed by atoms with van der Waals surface area (Å²) in [6.45, 7) is 9.00. The van der Waals surface area contributed by atoms with E-state index >= 15 is 0 Å². The number of aromatic nitrogens is 1. The molecule has 0 radical (unpaired) electrons. The van der Waals surface area contributed by atoms with E-state index in [2.05, 4.69) is 49.4 Å². The lowest BCUT2D eigenvalue weighted by Crippen LogP contribution is -2.54. The fraction of sp³-hybridized carbons (Fsp3) is 0.688. The van der Waals surface area contributed by atoms with Crippen molar-refractivity contribution in [3.8, 4) is 0 Å². The normalized spacial score (nSPS) is 20.4. The predicted molar refractivity (Wildman–Crippen MR) is 76.7 cm³/mol. The number of nitrogens with zero attached hydrogens (tertiary/aromatic N) is 1. The molecule has 2 nitrogen and oxygen atoms in total. The largest absolute Gasteiger partial charge is 0.316 e. The Bertz CT molecular complexity index is 360. The molecule has 0 unspecified atom stereocenters. The van der Waals surface area contributed by atoms with Gasteiger partial charge in [-0.15, -0.1) is 0 Å². The average Bonchev–Trinajstić information content (AvgIpc) is 2.40. The molecule has 1 aromatic rings. The maximum absolute atomic E-state index is 4.31. The van der Waals surface area contributed by atoms with Crippen molar-refractivity contribution in [2.45, 2.75) is 51.9 Å². The molecule has 2 heteroatoms. The Morgan fingerprint density at radius 3 is 2.44 bits per heavy atom. The highest BCUT2D eigenvalue weighted by molar-refractivity contribution is 5.29. The topological polar surface area (TPSA) is 24.9 Å². The molecule has 0 bridgehead atoms. The fourth-order valence-corrected chi connectivity index (χ4v) is 3.61. The number of rotatable bonds is 6. The first-order valence-corrected chi connectivity index (χ1v) is 7.31. The van der Waals surface area contributed by atoms with E-state index in [1.54, 1.807) is 0 Å². The van der Waals surface area contributed by atoms with Crippen LogP contribution in [0.25, 0.3) is 0 Å². The van der Waals surface area contributed by atoms with Gasteiger partial charge >= 0.3 is 0 Å². The van der Waals surface area contributed by atoms with Crippen molar-refractivity contribution < 1.29 is 0 Å². The lowest BCUT2D eigenvalue weighted by molar-refractivity contribution is 0.0130. The number of likely N-dealkylation sites (N-methyl/N-ethyl adjacent to an activating group) is 1. The van der Waals surface area contributed by atoms with Gasteiger partial charge in [0.1, 0.15) is 0 Å². The first-order valence-electron chi connectivity index (χ1n) is 7.31. The molecule has 1 aromatic heterocycles. The standard InChI is InChI=1S/C16H26N2/c1-4-15(5-2)11-16(12-15,13-17-6-3)14-8-7-9-18-10-14/h7-10,17H,4-6,11-13H2,1-3H3. The average molecular weight is 246 g/mol. The Morgan fingerprint density at radius 1 is 1.22 bits per heavy atom. The van der Waals surface area contributed by atoms with Gasteiger partial charge in [0.05, 0.1) is 0 Å². The van der Waals surface area contributed by atoms with E-state index in [-0.39, 0.29) is 0 Å². The van der Waals surface area contributed by atoms with Crippen molar-refractivity contribution in [3.63, 3.8) is 0 Å². The van der Waals surface area contributed by atoms with E-state index in [0.29, 0.717) is 10.8 Å². The van der Waals surface area contributed by atoms with Crippen LogP contribution in [0.15, 0.2) is 24.5 Å². The summed E-state index contributed by atoms with van der Waals surface area (Å²) < 4.78 is 0. The van der Waals surface area contributed by atoms with Crippen LogP contribution >= 0.6 is 0 Å². The number of pyridine rings is 1. The van der Waals surface area contributed by atoms with Crippen LogP contribution in [0, 0.1) is 5.41 Å². The van der Waals surface area contributed by atoms with Crippen LogP contribution in [0.5, 0.6) is 0 Å². The van der Waals surface area contributed by atoms with E-state index in [0.717, 1.165) is 13.1 Å². The van der Waals surface area contributed by atoms with Crippen molar-refractivity contribution in [2.24, 2.45) is 5.41 Å². The minimum absolute atomic E-state index is 0.330. The lowest BCUT2D eigenvalue weighted by Gasteiger charge is -2.57. The van der Waals surface area contributed by atoms with Gasteiger partial charge in [-0.1, -0.05) is 39.7 Å². The minimum Gasteiger partial charge on any atom is -0.316 e. The maximum Gasteiger partial charge on any atom is 0.0306 e. The van der Waals surface area contributed by atoms with Gasteiger partial charge in [0.2, 0.25) is 0 Å². The Hall–Kier alpha value is -0.890. The highest BCUT2D eigenvalue weighted by atomic mass is 14.9. The fourth-order valence-electron chi connectivity index (χ4n) is 3.61. The zero-order chi connectivity index (χ0) is 13.1. The van der Waals surface area contributed by atoms with Crippen LogP contribution in [-0.4, -0.2) is 18.1 Å². The molecule has 0 aliphatic heterocycles. The molecule has 1 aliphatic carbocycles. The molecule has 0 atom stereocenters. The second kappa shape index (κ2) is 5.40. The van der Waals surface area contributed by atoms with Crippen molar-refractivity contribution in [1.82, 2.24) is 10.3 Å². The van der Waals surface area contributed by atoms with Crippen LogP contribution in [0.4, 0.5) is 0 Å². The van der Waals surface area contributed by atoms with E-state index < -0.39 is 0 Å². The first-order chi connectivity index (χ1) is 8.70. The third-order valence-corrected chi connectivity index (χ3v) is 4.91. The molecule has 18 heavy (non-hydrogen) atoms. The molecular formula is C16H26N2. The van der Waals surface area contributed by atoms with Gasteiger partial charge < -0.3 is 5.32 Å². The highest BCUT2D eigenvalue weighted by Crippen LogP contribution is 2.58. The summed E-state index contributed by atoms with van der Waals surface area (Å²) in [4.78, 5) is 4.31. The summed E-state index contributed by atoms with van der Waals surface area (Å²) in [5.74, 6) is 0. The summed E-state index contributed by atoms with van der Waals surface area (Å²) in [7, 11) is 0.